The van der Waals surface area contributed by atoms with E-state index >= 15 is 0 Å². The van der Waals surface area contributed by atoms with Crippen molar-refractivity contribution in [2.75, 3.05) is 5.32 Å². The lowest BCUT2D eigenvalue weighted by molar-refractivity contribution is -0.112. The Kier molecular flexibility index (Phi) is 9.14. The van der Waals surface area contributed by atoms with E-state index in [1.54, 1.807) is 19.1 Å². The molecule has 1 atom stereocenters. The quantitative estimate of drug-likeness (QED) is 0.225. The van der Waals surface area contributed by atoms with Crippen molar-refractivity contribution in [3.63, 3.8) is 0 Å². The monoisotopic (exact) mass is 509 g/mol. The summed E-state index contributed by atoms with van der Waals surface area (Å²) >= 11 is 0. The molecule has 2 aromatic rings. The van der Waals surface area contributed by atoms with Gasteiger partial charge in [-0.25, -0.2) is 18.2 Å². The lowest BCUT2D eigenvalue weighted by Crippen LogP contribution is -2.26. The number of imidazole rings is 1. The van der Waals surface area contributed by atoms with E-state index in [0.29, 0.717) is 17.6 Å². The number of nitrogens with zero attached hydrogens (tertiary/aromatic N) is 2. The van der Waals surface area contributed by atoms with Crippen molar-refractivity contribution < 1.29 is 18.0 Å². The van der Waals surface area contributed by atoms with Crippen molar-refractivity contribution in [1.29, 1.82) is 0 Å². The zero-order valence-electron chi connectivity index (χ0n) is 22.0. The van der Waals surface area contributed by atoms with E-state index in [1.807, 2.05) is 31.7 Å². The van der Waals surface area contributed by atoms with Gasteiger partial charge in [-0.3, -0.25) is 4.79 Å². The van der Waals surface area contributed by atoms with Crippen LogP contribution in [0, 0.1) is 28.8 Å². The fraction of sp³-hybridized carbons (Fsp3) is 0.333. The van der Waals surface area contributed by atoms with E-state index in [2.05, 4.69) is 47.8 Å². The number of hydrogen-bond acceptors (Lipinski definition) is 2. The summed E-state index contributed by atoms with van der Waals surface area (Å²) < 4.78 is 42.9. The first kappa shape index (κ1) is 28.0. The fourth-order valence-electron chi connectivity index (χ4n) is 4.55. The summed E-state index contributed by atoms with van der Waals surface area (Å²) in [6.45, 7) is 11.4. The molecule has 1 unspecified atom stereocenters. The largest absolute Gasteiger partial charge is 0.337 e. The van der Waals surface area contributed by atoms with Crippen molar-refractivity contribution in [1.82, 2.24) is 9.55 Å². The number of nitrogens with one attached hydrogen (secondary N) is 1. The van der Waals surface area contributed by atoms with Crippen LogP contribution in [0.5, 0.6) is 0 Å². The van der Waals surface area contributed by atoms with Gasteiger partial charge < -0.3 is 9.88 Å². The van der Waals surface area contributed by atoms with Crippen molar-refractivity contribution in [2.45, 2.75) is 54.0 Å². The molecule has 0 fully saturated rings. The number of rotatable bonds is 8. The van der Waals surface area contributed by atoms with Crippen LogP contribution in [-0.4, -0.2) is 15.5 Å². The zero-order valence-corrected chi connectivity index (χ0v) is 22.0. The minimum Gasteiger partial charge on any atom is -0.337 e. The van der Waals surface area contributed by atoms with E-state index in [9.17, 15) is 18.0 Å². The highest BCUT2D eigenvalue weighted by Gasteiger charge is 2.31. The molecule has 1 aliphatic rings. The zero-order chi connectivity index (χ0) is 27.2. The third-order valence-electron chi connectivity index (χ3n) is 6.76. The maximum absolute atomic E-state index is 13.8. The summed E-state index contributed by atoms with van der Waals surface area (Å²) in [6, 6.07) is 1.43. The number of hydrogen-bond donors (Lipinski definition) is 1. The molecule has 0 saturated carbocycles. The summed E-state index contributed by atoms with van der Waals surface area (Å²) in [5.41, 5.74) is 3.64. The molecule has 0 radical (unpaired) electrons. The van der Waals surface area contributed by atoms with Crippen LogP contribution in [0.2, 0.25) is 0 Å². The van der Waals surface area contributed by atoms with Gasteiger partial charge in [-0.2, -0.15) is 0 Å². The Hall–Kier alpha value is -3.61. The lowest BCUT2D eigenvalue weighted by Gasteiger charge is -2.37. The number of carbonyl (C=O) groups excluding carboxylic acids is 1. The number of amides is 1. The minimum absolute atomic E-state index is 0.0927. The summed E-state index contributed by atoms with van der Waals surface area (Å²) in [4.78, 5) is 16.3. The predicted octanol–water partition coefficient (Wildman–Crippen LogP) is 7.70. The van der Waals surface area contributed by atoms with E-state index in [0.717, 1.165) is 31.0 Å². The Morgan fingerprint density at radius 3 is 2.59 bits per heavy atom. The van der Waals surface area contributed by atoms with Crippen LogP contribution in [0.25, 0.3) is 0 Å². The molecule has 1 aliphatic carbocycles. The molecule has 7 heteroatoms. The minimum atomic E-state index is -1.43. The van der Waals surface area contributed by atoms with Crippen LogP contribution in [0.3, 0.4) is 0 Å². The molecule has 0 saturated heterocycles. The normalized spacial score (nSPS) is 18.8. The Balaban J connectivity index is 1.66. The third kappa shape index (κ3) is 7.44. The molecule has 1 heterocycles. The second-order valence-electron chi connectivity index (χ2n) is 10.2. The van der Waals surface area contributed by atoms with Gasteiger partial charge in [0.05, 0.1) is 6.33 Å². The fourth-order valence-corrected chi connectivity index (χ4v) is 4.55. The van der Waals surface area contributed by atoms with E-state index in [4.69, 9.17) is 0 Å². The van der Waals surface area contributed by atoms with Gasteiger partial charge in [0.1, 0.15) is 11.5 Å². The topological polar surface area (TPSA) is 46.9 Å². The van der Waals surface area contributed by atoms with Crippen molar-refractivity contribution in [3.05, 3.63) is 107 Å². The van der Waals surface area contributed by atoms with Crippen LogP contribution in [0.1, 0.15) is 47.5 Å². The summed E-state index contributed by atoms with van der Waals surface area (Å²) in [6.07, 6.45) is 18.8. The van der Waals surface area contributed by atoms with Crippen molar-refractivity contribution in [3.8, 4) is 0 Å². The Morgan fingerprint density at radius 1 is 1.16 bits per heavy atom. The highest BCUT2D eigenvalue weighted by Crippen LogP contribution is 2.44. The van der Waals surface area contributed by atoms with E-state index in [1.165, 1.54) is 17.2 Å². The van der Waals surface area contributed by atoms with Crippen LogP contribution in [0.15, 0.2) is 89.6 Å². The molecule has 1 aromatic carbocycles. The molecule has 196 valence electrons. The average Bonchev–Trinajstić information content (AvgIpc) is 3.34. The molecule has 0 spiro atoms. The smallest absolute Gasteiger partial charge is 0.248 e. The van der Waals surface area contributed by atoms with Crippen LogP contribution in [0.4, 0.5) is 18.9 Å². The van der Waals surface area contributed by atoms with Crippen LogP contribution >= 0.6 is 0 Å². The maximum atomic E-state index is 13.8. The molecule has 0 aliphatic heterocycles. The molecule has 37 heavy (non-hydrogen) atoms. The number of carbonyl (C=O) groups is 1. The molecule has 1 aromatic heterocycles. The molecule has 0 bridgehead atoms. The summed E-state index contributed by atoms with van der Waals surface area (Å²) in [5.74, 6) is -3.99. The van der Waals surface area contributed by atoms with Gasteiger partial charge >= 0.3 is 0 Å². The number of aromatic nitrogens is 2. The highest BCUT2D eigenvalue weighted by atomic mass is 19.2. The average molecular weight is 510 g/mol. The third-order valence-corrected chi connectivity index (χ3v) is 6.76. The van der Waals surface area contributed by atoms with Crippen LogP contribution < -0.4 is 5.32 Å². The molecule has 4 nitrogen and oxygen atoms in total. The van der Waals surface area contributed by atoms with Gasteiger partial charge in [0.15, 0.2) is 11.6 Å². The van der Waals surface area contributed by atoms with E-state index < -0.39 is 29.0 Å². The van der Waals surface area contributed by atoms with Gasteiger partial charge in [0, 0.05) is 25.0 Å². The Labute approximate surface area is 217 Å². The van der Waals surface area contributed by atoms with Gasteiger partial charge in [-0.05, 0) is 68.2 Å². The van der Waals surface area contributed by atoms with Crippen molar-refractivity contribution in [2.24, 2.45) is 11.3 Å². The second kappa shape index (κ2) is 12.1. The van der Waals surface area contributed by atoms with Gasteiger partial charge in [0.2, 0.25) is 5.91 Å². The highest BCUT2D eigenvalue weighted by molar-refractivity contribution is 6.00. The van der Waals surface area contributed by atoms with E-state index in [-0.39, 0.29) is 5.41 Å². The maximum Gasteiger partial charge on any atom is 0.248 e. The molecule has 3 rings (SSSR count). The molecular formula is C30H34F3N3O. The Bertz CT molecular complexity index is 1280. The first-order chi connectivity index (χ1) is 17.5. The number of allylic oxidation sites excluding steroid dienone is 9. The second-order valence-corrected chi connectivity index (χ2v) is 10.2. The Morgan fingerprint density at radius 2 is 1.89 bits per heavy atom. The van der Waals surface area contributed by atoms with Crippen molar-refractivity contribution >= 4 is 11.6 Å². The lowest BCUT2D eigenvalue weighted by atomic mass is 9.68. The first-order valence-corrected chi connectivity index (χ1v) is 12.3. The number of benzene rings is 1. The SMILES string of the molecule is CC1=C(/C=C/C(C)=C/C=C/C(C)=C/C(=O)Nc2c(F)ccc(F)c2F)C(C)(C)CCC1Cn1ccnc1. The predicted molar refractivity (Wildman–Crippen MR) is 142 cm³/mol. The standard InChI is InChI=1S/C30H34F3N3O/c1-20(7-6-8-21(2)17-27(37)35-29-26(32)12-11-25(31)28(29)33)9-10-24-22(3)23(13-14-30(24,4)5)18-36-16-15-34-19-36/h6-12,15-17,19,23H,13-14,18H2,1-5H3,(H,35,37)/b8-6+,10-9+,20-7+,21-17+. The molecular weight excluding hydrogens is 475 g/mol. The number of anilines is 1. The van der Waals surface area contributed by atoms with Gasteiger partial charge in [0.25, 0.3) is 0 Å². The molecule has 1 N–H and O–H groups in total. The van der Waals surface area contributed by atoms with Gasteiger partial charge in [-0.15, -0.1) is 0 Å². The summed E-state index contributed by atoms with van der Waals surface area (Å²) in [5, 5.41) is 2.06. The van der Waals surface area contributed by atoms with Gasteiger partial charge in [-0.1, -0.05) is 55.4 Å². The van der Waals surface area contributed by atoms with Crippen LogP contribution in [-0.2, 0) is 11.3 Å². The first-order valence-electron chi connectivity index (χ1n) is 12.3. The molecule has 1 amide bonds. The number of halogens is 3. The summed E-state index contributed by atoms with van der Waals surface area (Å²) in [7, 11) is 0.